The van der Waals surface area contributed by atoms with Crippen LogP contribution in [0.3, 0.4) is 0 Å². The smallest absolute Gasteiger partial charge is 0.268 e. The zero-order valence-electron chi connectivity index (χ0n) is 22.0. The molecular formula is C30H25F2N5O4. The Bertz CT molecular complexity index is 1810. The van der Waals surface area contributed by atoms with Crippen LogP contribution in [0.5, 0.6) is 11.5 Å². The molecule has 0 spiro atoms. The highest BCUT2D eigenvalue weighted by Gasteiger charge is 2.20. The SMILES string of the molecule is Cc1ccc(C(=O)Nc2ccc(Oc3cc4cn[nH]c4cc3N3CCOCC3)c(F)c2)c(=O)n1-c1ccc(F)cc1. The van der Waals surface area contributed by atoms with Crippen molar-refractivity contribution in [2.45, 2.75) is 6.92 Å². The van der Waals surface area contributed by atoms with Gasteiger partial charge in [-0.05, 0) is 67.6 Å². The Morgan fingerprint density at radius 3 is 2.54 bits per heavy atom. The van der Waals surface area contributed by atoms with E-state index in [-0.39, 0.29) is 17.0 Å². The molecule has 0 aliphatic carbocycles. The second-order valence-electron chi connectivity index (χ2n) is 9.58. The van der Waals surface area contributed by atoms with Crippen molar-refractivity contribution in [1.82, 2.24) is 14.8 Å². The largest absolute Gasteiger partial charge is 0.452 e. The number of hydrogen-bond donors (Lipinski definition) is 2. The highest BCUT2D eigenvalue weighted by molar-refractivity contribution is 6.04. The van der Waals surface area contributed by atoms with E-state index in [9.17, 15) is 14.0 Å². The summed E-state index contributed by atoms with van der Waals surface area (Å²) in [6.07, 6.45) is 1.66. The van der Waals surface area contributed by atoms with Gasteiger partial charge < -0.3 is 19.7 Å². The first-order valence-electron chi connectivity index (χ1n) is 12.9. The van der Waals surface area contributed by atoms with Crippen LogP contribution in [0.15, 0.2) is 77.7 Å². The van der Waals surface area contributed by atoms with E-state index in [1.165, 1.54) is 47.0 Å². The molecule has 1 aliphatic heterocycles. The van der Waals surface area contributed by atoms with E-state index in [0.29, 0.717) is 43.4 Å². The molecule has 0 atom stereocenters. The lowest BCUT2D eigenvalue weighted by atomic mass is 10.2. The van der Waals surface area contributed by atoms with E-state index in [2.05, 4.69) is 20.4 Å². The lowest BCUT2D eigenvalue weighted by Gasteiger charge is -2.30. The van der Waals surface area contributed by atoms with Crippen molar-refractivity contribution in [2.75, 3.05) is 36.5 Å². The number of carbonyl (C=O) groups is 1. The lowest BCUT2D eigenvalue weighted by molar-refractivity contribution is 0.102. The van der Waals surface area contributed by atoms with Gasteiger partial charge in [0, 0.05) is 41.6 Å². The summed E-state index contributed by atoms with van der Waals surface area (Å²) in [5, 5.41) is 10.4. The molecular weight excluding hydrogens is 532 g/mol. The molecule has 41 heavy (non-hydrogen) atoms. The minimum Gasteiger partial charge on any atom is -0.452 e. The quantitative estimate of drug-likeness (QED) is 0.298. The van der Waals surface area contributed by atoms with Gasteiger partial charge in [0.05, 0.1) is 30.6 Å². The van der Waals surface area contributed by atoms with Crippen LogP contribution in [0.25, 0.3) is 16.6 Å². The molecule has 2 N–H and O–H groups in total. The number of aromatic nitrogens is 3. The standard InChI is InChI=1S/C30H25F2N5O4/c1-18-2-8-23(30(39)37(18)22-6-3-20(31)4-7-22)29(38)34-21-5-9-27(24(32)15-21)41-28-14-19-17-33-35-25(19)16-26(28)36-10-12-40-13-11-36/h2-9,14-17H,10-13H2,1H3,(H,33,35)(H,34,38). The van der Waals surface area contributed by atoms with Gasteiger partial charge in [-0.25, -0.2) is 8.78 Å². The number of aromatic amines is 1. The Morgan fingerprint density at radius 2 is 1.78 bits per heavy atom. The number of pyridine rings is 1. The maximum atomic E-state index is 15.2. The Hall–Kier alpha value is -5.03. The minimum atomic E-state index is -0.709. The summed E-state index contributed by atoms with van der Waals surface area (Å²) in [4.78, 5) is 28.3. The fourth-order valence-electron chi connectivity index (χ4n) is 4.78. The molecule has 2 aromatic heterocycles. The van der Waals surface area contributed by atoms with Crippen molar-refractivity contribution >= 4 is 28.2 Å². The third kappa shape index (κ3) is 5.27. The molecule has 5 aromatic rings. The Labute approximate surface area is 232 Å². The molecule has 0 saturated carbocycles. The topological polar surface area (TPSA) is 101 Å². The number of amides is 1. The molecule has 3 heterocycles. The number of nitrogens with zero attached hydrogens (tertiary/aromatic N) is 3. The number of carbonyl (C=O) groups excluding carboxylic acids is 1. The maximum Gasteiger partial charge on any atom is 0.268 e. The number of hydrogen-bond acceptors (Lipinski definition) is 6. The van der Waals surface area contributed by atoms with Crippen molar-refractivity contribution in [3.8, 4) is 17.2 Å². The van der Waals surface area contributed by atoms with Crippen LogP contribution in [0.2, 0.25) is 0 Å². The molecule has 1 saturated heterocycles. The molecule has 3 aromatic carbocycles. The first-order valence-corrected chi connectivity index (χ1v) is 12.9. The monoisotopic (exact) mass is 557 g/mol. The fourth-order valence-corrected chi connectivity index (χ4v) is 4.78. The first-order chi connectivity index (χ1) is 19.9. The van der Waals surface area contributed by atoms with Crippen molar-refractivity contribution < 1.29 is 23.0 Å². The van der Waals surface area contributed by atoms with E-state index in [4.69, 9.17) is 9.47 Å². The molecule has 1 amide bonds. The van der Waals surface area contributed by atoms with Gasteiger partial charge in [0.15, 0.2) is 17.3 Å². The third-order valence-corrected chi connectivity index (χ3v) is 6.89. The number of anilines is 2. The van der Waals surface area contributed by atoms with Gasteiger partial charge in [0.25, 0.3) is 11.5 Å². The normalized spacial score (nSPS) is 13.4. The molecule has 11 heteroatoms. The van der Waals surface area contributed by atoms with Crippen LogP contribution >= 0.6 is 0 Å². The molecule has 6 rings (SSSR count). The number of ether oxygens (including phenoxy) is 2. The highest BCUT2D eigenvalue weighted by Crippen LogP contribution is 2.37. The van der Waals surface area contributed by atoms with Crippen LogP contribution in [-0.2, 0) is 4.74 Å². The van der Waals surface area contributed by atoms with Gasteiger partial charge in [-0.1, -0.05) is 0 Å². The van der Waals surface area contributed by atoms with Crippen LogP contribution in [0.4, 0.5) is 20.2 Å². The third-order valence-electron chi connectivity index (χ3n) is 6.89. The molecule has 0 unspecified atom stereocenters. The predicted molar refractivity (Wildman–Crippen MR) is 150 cm³/mol. The van der Waals surface area contributed by atoms with E-state index in [0.717, 1.165) is 22.7 Å². The van der Waals surface area contributed by atoms with Gasteiger partial charge in [-0.3, -0.25) is 19.3 Å². The molecule has 1 fully saturated rings. The lowest BCUT2D eigenvalue weighted by Crippen LogP contribution is -2.36. The molecule has 0 radical (unpaired) electrons. The van der Waals surface area contributed by atoms with Gasteiger partial charge in [-0.2, -0.15) is 5.10 Å². The van der Waals surface area contributed by atoms with Crippen molar-refractivity contribution in [1.29, 1.82) is 0 Å². The zero-order chi connectivity index (χ0) is 28.5. The number of nitrogens with one attached hydrogen (secondary N) is 2. The van der Waals surface area contributed by atoms with Crippen LogP contribution in [-0.4, -0.2) is 47.0 Å². The van der Waals surface area contributed by atoms with Gasteiger partial charge in [0.1, 0.15) is 11.4 Å². The molecule has 1 aliphatic rings. The number of benzene rings is 3. The summed E-state index contributed by atoms with van der Waals surface area (Å²) in [6, 6.07) is 16.1. The van der Waals surface area contributed by atoms with Crippen LogP contribution < -0.4 is 20.5 Å². The summed E-state index contributed by atoms with van der Waals surface area (Å²) in [5.74, 6) is -1.43. The number of rotatable bonds is 6. The fraction of sp³-hybridized carbons (Fsp3) is 0.167. The number of morpholine rings is 1. The second kappa shape index (κ2) is 10.9. The Balaban J connectivity index is 1.25. The second-order valence-corrected chi connectivity index (χ2v) is 9.58. The predicted octanol–water partition coefficient (Wildman–Crippen LogP) is 5.18. The summed E-state index contributed by atoms with van der Waals surface area (Å²) < 4.78 is 41.4. The average molecular weight is 558 g/mol. The molecule has 208 valence electrons. The summed E-state index contributed by atoms with van der Waals surface area (Å²) >= 11 is 0. The van der Waals surface area contributed by atoms with E-state index < -0.39 is 23.1 Å². The first kappa shape index (κ1) is 26.2. The van der Waals surface area contributed by atoms with E-state index in [1.54, 1.807) is 25.3 Å². The number of aryl methyl sites for hydroxylation is 1. The van der Waals surface area contributed by atoms with Crippen LogP contribution in [0, 0.1) is 18.6 Å². The van der Waals surface area contributed by atoms with Gasteiger partial charge >= 0.3 is 0 Å². The van der Waals surface area contributed by atoms with Crippen molar-refractivity contribution in [3.05, 3.63) is 106 Å². The highest BCUT2D eigenvalue weighted by atomic mass is 19.1. The number of halogens is 2. The van der Waals surface area contributed by atoms with E-state index in [1.807, 2.05) is 6.07 Å². The molecule has 0 bridgehead atoms. The zero-order valence-corrected chi connectivity index (χ0v) is 22.0. The summed E-state index contributed by atoms with van der Waals surface area (Å²) in [5.41, 5.74) is 2.00. The summed E-state index contributed by atoms with van der Waals surface area (Å²) in [7, 11) is 0. The van der Waals surface area contributed by atoms with E-state index >= 15 is 4.39 Å². The number of fused-ring (bicyclic) bond motifs is 1. The Kier molecular flexibility index (Phi) is 6.94. The number of H-pyrrole nitrogens is 1. The molecule has 9 nitrogen and oxygen atoms in total. The minimum absolute atomic E-state index is 0.0330. The van der Waals surface area contributed by atoms with Crippen molar-refractivity contribution in [3.63, 3.8) is 0 Å². The maximum absolute atomic E-state index is 15.2. The van der Waals surface area contributed by atoms with Gasteiger partial charge in [-0.15, -0.1) is 0 Å². The van der Waals surface area contributed by atoms with Crippen molar-refractivity contribution in [2.24, 2.45) is 0 Å². The Morgan fingerprint density at radius 1 is 1.00 bits per heavy atom. The average Bonchev–Trinajstić information content (AvgIpc) is 3.43. The van der Waals surface area contributed by atoms with Crippen LogP contribution in [0.1, 0.15) is 16.1 Å². The summed E-state index contributed by atoms with van der Waals surface area (Å²) in [6.45, 7) is 4.16. The van der Waals surface area contributed by atoms with Gasteiger partial charge in [0.2, 0.25) is 0 Å².